The van der Waals surface area contributed by atoms with Gasteiger partial charge in [-0.1, -0.05) is 27.2 Å². The van der Waals surface area contributed by atoms with E-state index in [-0.39, 0.29) is 6.10 Å². The van der Waals surface area contributed by atoms with E-state index in [9.17, 15) is 0 Å². The molecule has 0 aliphatic heterocycles. The summed E-state index contributed by atoms with van der Waals surface area (Å²) in [6.45, 7) is 10.8. The fourth-order valence-electron chi connectivity index (χ4n) is 2.96. The second-order valence-electron chi connectivity index (χ2n) is 6.01. The SMILES string of the molecule is CCOC(CN)COC1CC(C)CCC1C(C)C. The number of hydrogen-bond acceptors (Lipinski definition) is 3. The minimum absolute atomic E-state index is 0.0556. The second kappa shape index (κ2) is 8.13. The van der Waals surface area contributed by atoms with Crippen molar-refractivity contribution in [1.82, 2.24) is 0 Å². The maximum atomic E-state index is 6.13. The quantitative estimate of drug-likeness (QED) is 0.762. The Morgan fingerprint density at radius 2 is 2.00 bits per heavy atom. The van der Waals surface area contributed by atoms with Gasteiger partial charge in [-0.05, 0) is 37.5 Å². The molecule has 1 rings (SSSR count). The van der Waals surface area contributed by atoms with Gasteiger partial charge in [0.1, 0.15) is 0 Å². The Kier molecular flexibility index (Phi) is 7.20. The van der Waals surface area contributed by atoms with E-state index in [0.29, 0.717) is 37.7 Å². The van der Waals surface area contributed by atoms with Crippen LogP contribution in [-0.2, 0) is 9.47 Å². The van der Waals surface area contributed by atoms with Crippen molar-refractivity contribution in [2.24, 2.45) is 23.5 Å². The molecule has 18 heavy (non-hydrogen) atoms. The smallest absolute Gasteiger partial charge is 0.0930 e. The number of rotatable bonds is 7. The Balaban J connectivity index is 2.45. The largest absolute Gasteiger partial charge is 0.375 e. The summed E-state index contributed by atoms with van der Waals surface area (Å²) in [7, 11) is 0. The third-order valence-corrected chi connectivity index (χ3v) is 4.12. The summed E-state index contributed by atoms with van der Waals surface area (Å²) in [6, 6.07) is 0. The molecule has 0 aromatic carbocycles. The average molecular weight is 257 g/mol. The van der Waals surface area contributed by atoms with Crippen LogP contribution in [0.15, 0.2) is 0 Å². The van der Waals surface area contributed by atoms with Crippen LogP contribution in [-0.4, -0.2) is 32.0 Å². The molecule has 0 spiro atoms. The minimum atomic E-state index is 0.0556. The molecule has 0 heterocycles. The summed E-state index contributed by atoms with van der Waals surface area (Å²) < 4.78 is 11.7. The molecule has 108 valence electrons. The van der Waals surface area contributed by atoms with Gasteiger partial charge in [0.05, 0.1) is 18.8 Å². The molecule has 1 fully saturated rings. The lowest BCUT2D eigenvalue weighted by Gasteiger charge is -2.37. The monoisotopic (exact) mass is 257 g/mol. The molecule has 1 aliphatic carbocycles. The first-order chi connectivity index (χ1) is 8.58. The first kappa shape index (κ1) is 15.9. The molecule has 0 amide bonds. The maximum Gasteiger partial charge on any atom is 0.0930 e. The summed E-state index contributed by atoms with van der Waals surface area (Å²) in [5.41, 5.74) is 5.69. The van der Waals surface area contributed by atoms with Gasteiger partial charge in [-0.25, -0.2) is 0 Å². The summed E-state index contributed by atoms with van der Waals surface area (Å²) in [6.07, 6.45) is 4.27. The average Bonchev–Trinajstić information content (AvgIpc) is 2.34. The van der Waals surface area contributed by atoms with E-state index in [1.165, 1.54) is 19.3 Å². The highest BCUT2D eigenvalue weighted by molar-refractivity contribution is 4.81. The zero-order valence-electron chi connectivity index (χ0n) is 12.5. The molecule has 1 aliphatic rings. The van der Waals surface area contributed by atoms with Gasteiger partial charge in [-0.15, -0.1) is 0 Å². The molecule has 0 aromatic rings. The van der Waals surface area contributed by atoms with Gasteiger partial charge < -0.3 is 15.2 Å². The van der Waals surface area contributed by atoms with Crippen LogP contribution in [0.5, 0.6) is 0 Å². The van der Waals surface area contributed by atoms with Crippen LogP contribution in [0, 0.1) is 17.8 Å². The van der Waals surface area contributed by atoms with Gasteiger partial charge in [0, 0.05) is 13.2 Å². The van der Waals surface area contributed by atoms with Gasteiger partial charge >= 0.3 is 0 Å². The summed E-state index contributed by atoms with van der Waals surface area (Å²) in [4.78, 5) is 0. The molecule has 4 atom stereocenters. The van der Waals surface area contributed by atoms with E-state index in [4.69, 9.17) is 15.2 Å². The topological polar surface area (TPSA) is 44.5 Å². The Morgan fingerprint density at radius 3 is 2.56 bits per heavy atom. The summed E-state index contributed by atoms with van der Waals surface area (Å²) in [5.74, 6) is 2.18. The molecule has 0 saturated heterocycles. The van der Waals surface area contributed by atoms with Crippen molar-refractivity contribution in [2.45, 2.75) is 59.2 Å². The lowest BCUT2D eigenvalue weighted by Crippen LogP contribution is -2.38. The Bertz CT molecular complexity index is 221. The lowest BCUT2D eigenvalue weighted by atomic mass is 9.75. The van der Waals surface area contributed by atoms with Crippen LogP contribution in [0.3, 0.4) is 0 Å². The zero-order chi connectivity index (χ0) is 13.5. The first-order valence-electron chi connectivity index (χ1n) is 7.51. The third-order valence-electron chi connectivity index (χ3n) is 4.12. The normalized spacial score (nSPS) is 30.7. The number of nitrogens with two attached hydrogens (primary N) is 1. The van der Waals surface area contributed by atoms with Crippen molar-refractivity contribution in [3.05, 3.63) is 0 Å². The van der Waals surface area contributed by atoms with Crippen LogP contribution in [0.1, 0.15) is 47.0 Å². The van der Waals surface area contributed by atoms with E-state index in [2.05, 4.69) is 20.8 Å². The van der Waals surface area contributed by atoms with Crippen molar-refractivity contribution in [2.75, 3.05) is 19.8 Å². The second-order valence-corrected chi connectivity index (χ2v) is 6.01. The number of ether oxygens (including phenoxy) is 2. The van der Waals surface area contributed by atoms with Gasteiger partial charge in [-0.2, -0.15) is 0 Å². The van der Waals surface area contributed by atoms with Gasteiger partial charge in [0.25, 0.3) is 0 Å². The van der Waals surface area contributed by atoms with Gasteiger partial charge in [0.2, 0.25) is 0 Å². The predicted molar refractivity (Wildman–Crippen MR) is 75.6 cm³/mol. The van der Waals surface area contributed by atoms with Crippen LogP contribution < -0.4 is 5.73 Å². The fraction of sp³-hybridized carbons (Fsp3) is 1.00. The Morgan fingerprint density at radius 1 is 1.28 bits per heavy atom. The molecule has 3 heteroatoms. The predicted octanol–water partition coefficient (Wildman–Crippen LogP) is 2.83. The van der Waals surface area contributed by atoms with E-state index in [1.807, 2.05) is 6.92 Å². The van der Waals surface area contributed by atoms with Crippen LogP contribution in [0.25, 0.3) is 0 Å². The maximum absolute atomic E-state index is 6.13. The fourth-order valence-corrected chi connectivity index (χ4v) is 2.96. The highest BCUT2D eigenvalue weighted by Crippen LogP contribution is 2.35. The van der Waals surface area contributed by atoms with Crippen molar-refractivity contribution >= 4 is 0 Å². The molecular weight excluding hydrogens is 226 g/mol. The third kappa shape index (κ3) is 4.87. The highest BCUT2D eigenvalue weighted by Gasteiger charge is 2.31. The van der Waals surface area contributed by atoms with Crippen molar-refractivity contribution in [3.63, 3.8) is 0 Å². The molecule has 0 radical (unpaired) electrons. The van der Waals surface area contributed by atoms with Crippen LogP contribution in [0.4, 0.5) is 0 Å². The minimum Gasteiger partial charge on any atom is -0.375 e. The highest BCUT2D eigenvalue weighted by atomic mass is 16.5. The summed E-state index contributed by atoms with van der Waals surface area (Å²) in [5, 5.41) is 0. The molecule has 3 nitrogen and oxygen atoms in total. The van der Waals surface area contributed by atoms with E-state index in [0.717, 1.165) is 5.92 Å². The van der Waals surface area contributed by atoms with Gasteiger partial charge in [0.15, 0.2) is 0 Å². The molecule has 0 bridgehead atoms. The Hall–Kier alpha value is -0.120. The zero-order valence-corrected chi connectivity index (χ0v) is 12.5. The molecule has 4 unspecified atom stereocenters. The molecule has 2 N–H and O–H groups in total. The summed E-state index contributed by atoms with van der Waals surface area (Å²) >= 11 is 0. The van der Waals surface area contributed by atoms with Crippen molar-refractivity contribution in [1.29, 1.82) is 0 Å². The van der Waals surface area contributed by atoms with Crippen LogP contribution >= 0.6 is 0 Å². The van der Waals surface area contributed by atoms with E-state index >= 15 is 0 Å². The van der Waals surface area contributed by atoms with Crippen molar-refractivity contribution < 1.29 is 9.47 Å². The van der Waals surface area contributed by atoms with E-state index < -0.39 is 0 Å². The van der Waals surface area contributed by atoms with Crippen molar-refractivity contribution in [3.8, 4) is 0 Å². The molecule has 0 aromatic heterocycles. The number of hydrogen-bond donors (Lipinski definition) is 1. The Labute approximate surface area is 112 Å². The first-order valence-corrected chi connectivity index (χ1v) is 7.51. The van der Waals surface area contributed by atoms with E-state index in [1.54, 1.807) is 0 Å². The van der Waals surface area contributed by atoms with Gasteiger partial charge in [-0.3, -0.25) is 0 Å². The standard InChI is InChI=1S/C15H31NO2/c1-5-17-13(9-16)10-18-15-8-12(4)6-7-14(15)11(2)3/h11-15H,5-10,16H2,1-4H3. The molecule has 1 saturated carbocycles. The lowest BCUT2D eigenvalue weighted by molar-refractivity contribution is -0.0815. The van der Waals surface area contributed by atoms with Crippen LogP contribution in [0.2, 0.25) is 0 Å². The molecular formula is C15H31NO2.